The first-order valence-electron chi connectivity index (χ1n) is 5.59. The van der Waals surface area contributed by atoms with E-state index in [0.29, 0.717) is 13.0 Å². The molecule has 0 spiro atoms. The molecule has 1 rings (SSSR count). The van der Waals surface area contributed by atoms with Crippen LogP contribution in [0.3, 0.4) is 0 Å². The Hall–Kier alpha value is -1.32. The Bertz CT molecular complexity index is 350. The fraction of sp³-hybridized carbons (Fsp3) is 0.667. The van der Waals surface area contributed by atoms with E-state index in [-0.39, 0.29) is 5.41 Å². The molecule has 1 heterocycles. The Morgan fingerprint density at radius 2 is 2.12 bits per heavy atom. The summed E-state index contributed by atoms with van der Waals surface area (Å²) >= 11 is 0. The zero-order chi connectivity index (χ0) is 12.2. The zero-order valence-corrected chi connectivity index (χ0v) is 10.5. The summed E-state index contributed by atoms with van der Waals surface area (Å²) in [5.41, 5.74) is 0.903. The lowest BCUT2D eigenvalue weighted by atomic mass is 9.97. The molecule has 1 amide bonds. The van der Waals surface area contributed by atoms with Crippen molar-refractivity contribution in [2.24, 2.45) is 0 Å². The Morgan fingerprint density at radius 1 is 1.44 bits per heavy atom. The number of aryl methyl sites for hydroxylation is 2. The topological polar surface area (TPSA) is 55.1 Å². The van der Waals surface area contributed by atoms with Crippen LogP contribution < -0.4 is 5.32 Å². The molecule has 0 radical (unpaired) electrons. The van der Waals surface area contributed by atoms with Crippen LogP contribution in [0.5, 0.6) is 0 Å². The number of carbonyl (C=O) groups excluding carboxylic acids is 1. The number of amides is 1. The molecule has 0 aliphatic heterocycles. The zero-order valence-electron chi connectivity index (χ0n) is 10.5. The van der Waals surface area contributed by atoms with Crippen LogP contribution in [0.15, 0.2) is 4.42 Å². The van der Waals surface area contributed by atoms with Crippen LogP contribution >= 0.6 is 0 Å². The molecule has 0 unspecified atom stereocenters. The van der Waals surface area contributed by atoms with Crippen molar-refractivity contribution < 1.29 is 9.21 Å². The summed E-state index contributed by atoms with van der Waals surface area (Å²) in [5, 5.41) is 2.63. The van der Waals surface area contributed by atoms with Crippen molar-refractivity contribution in [3.63, 3.8) is 0 Å². The van der Waals surface area contributed by atoms with Crippen molar-refractivity contribution in [1.82, 2.24) is 10.3 Å². The minimum Gasteiger partial charge on any atom is -0.445 e. The molecule has 0 aliphatic rings. The lowest BCUT2D eigenvalue weighted by Gasteiger charge is -2.12. The molecule has 1 aromatic rings. The van der Waals surface area contributed by atoms with Crippen molar-refractivity contribution in [3.05, 3.63) is 17.3 Å². The van der Waals surface area contributed by atoms with Crippen molar-refractivity contribution in [3.8, 4) is 0 Å². The third kappa shape index (κ3) is 3.36. The van der Waals surface area contributed by atoms with Crippen LogP contribution in [-0.2, 0) is 16.6 Å². The number of rotatable bonds is 5. The average Bonchev–Trinajstić information content (AvgIpc) is 2.55. The van der Waals surface area contributed by atoms with E-state index >= 15 is 0 Å². The molecule has 1 N–H and O–H groups in total. The van der Waals surface area contributed by atoms with Crippen LogP contribution in [0.4, 0.5) is 0 Å². The maximum Gasteiger partial charge on any atom is 0.207 e. The molecule has 0 aliphatic carbocycles. The normalized spacial score (nSPS) is 11.5. The minimum absolute atomic E-state index is 0.0515. The van der Waals surface area contributed by atoms with Gasteiger partial charge in [0.2, 0.25) is 6.41 Å². The summed E-state index contributed by atoms with van der Waals surface area (Å²) in [6, 6.07) is 0. The predicted octanol–water partition coefficient (Wildman–Crippen LogP) is 1.96. The van der Waals surface area contributed by atoms with Gasteiger partial charge < -0.3 is 9.73 Å². The molecule has 16 heavy (non-hydrogen) atoms. The predicted molar refractivity (Wildman–Crippen MR) is 62.3 cm³/mol. The molecule has 0 saturated carbocycles. The first-order chi connectivity index (χ1) is 7.45. The molecular weight excluding hydrogens is 204 g/mol. The van der Waals surface area contributed by atoms with E-state index in [1.807, 2.05) is 6.92 Å². The molecule has 4 heteroatoms. The van der Waals surface area contributed by atoms with Crippen molar-refractivity contribution in [2.45, 2.75) is 46.0 Å². The highest BCUT2D eigenvalue weighted by Crippen LogP contribution is 2.24. The molecule has 0 aromatic carbocycles. The first kappa shape index (κ1) is 12.7. The third-order valence-corrected chi connectivity index (χ3v) is 2.34. The first-order valence-corrected chi connectivity index (χ1v) is 5.59. The Balaban J connectivity index is 2.60. The SMILES string of the molecule is Cc1nc(C(C)(C)C)oc1CCCNC=O. The van der Waals surface area contributed by atoms with Crippen LogP contribution in [0.25, 0.3) is 0 Å². The lowest BCUT2D eigenvalue weighted by Crippen LogP contribution is -2.12. The summed E-state index contributed by atoms with van der Waals surface area (Å²) < 4.78 is 5.73. The van der Waals surface area contributed by atoms with Gasteiger partial charge in [0, 0.05) is 18.4 Å². The number of oxazole rings is 1. The minimum atomic E-state index is -0.0515. The molecule has 0 atom stereocenters. The second-order valence-corrected chi connectivity index (χ2v) is 4.95. The number of nitrogens with one attached hydrogen (secondary N) is 1. The number of carbonyl (C=O) groups is 1. The number of hydrogen-bond acceptors (Lipinski definition) is 3. The van der Waals surface area contributed by atoms with Crippen LogP contribution in [0.1, 0.15) is 44.5 Å². The third-order valence-electron chi connectivity index (χ3n) is 2.34. The number of hydrogen-bond donors (Lipinski definition) is 1. The van der Waals surface area contributed by atoms with Crippen LogP contribution in [0, 0.1) is 6.92 Å². The smallest absolute Gasteiger partial charge is 0.207 e. The maximum atomic E-state index is 10.1. The Morgan fingerprint density at radius 3 is 2.62 bits per heavy atom. The lowest BCUT2D eigenvalue weighted by molar-refractivity contribution is -0.109. The van der Waals surface area contributed by atoms with E-state index in [2.05, 4.69) is 31.1 Å². The van der Waals surface area contributed by atoms with E-state index in [0.717, 1.165) is 30.2 Å². The summed E-state index contributed by atoms with van der Waals surface area (Å²) in [4.78, 5) is 14.5. The summed E-state index contributed by atoms with van der Waals surface area (Å²) in [7, 11) is 0. The number of aromatic nitrogens is 1. The van der Waals surface area contributed by atoms with Gasteiger partial charge in [-0.1, -0.05) is 20.8 Å². The van der Waals surface area contributed by atoms with Gasteiger partial charge in [0.25, 0.3) is 0 Å². The fourth-order valence-electron chi connectivity index (χ4n) is 1.39. The Labute approximate surface area is 96.4 Å². The summed E-state index contributed by atoms with van der Waals surface area (Å²) in [6.45, 7) is 8.87. The molecule has 1 aromatic heterocycles. The van der Waals surface area contributed by atoms with E-state index < -0.39 is 0 Å². The molecule has 0 saturated heterocycles. The Kier molecular flexibility index (Phi) is 4.10. The monoisotopic (exact) mass is 224 g/mol. The standard InChI is InChI=1S/C12H20N2O2/c1-9-10(6-5-7-13-8-15)16-11(14-9)12(2,3)4/h8H,5-7H2,1-4H3,(H,13,15). The highest BCUT2D eigenvalue weighted by Gasteiger charge is 2.21. The van der Waals surface area contributed by atoms with Crippen molar-refractivity contribution in [2.75, 3.05) is 6.54 Å². The van der Waals surface area contributed by atoms with Gasteiger partial charge in [0.05, 0.1) is 5.69 Å². The summed E-state index contributed by atoms with van der Waals surface area (Å²) in [6.07, 6.45) is 2.40. The molecule has 4 nitrogen and oxygen atoms in total. The van der Waals surface area contributed by atoms with Gasteiger partial charge in [-0.3, -0.25) is 4.79 Å². The van der Waals surface area contributed by atoms with E-state index in [4.69, 9.17) is 4.42 Å². The second kappa shape index (κ2) is 5.14. The van der Waals surface area contributed by atoms with Gasteiger partial charge >= 0.3 is 0 Å². The highest BCUT2D eigenvalue weighted by molar-refractivity contribution is 5.45. The summed E-state index contributed by atoms with van der Waals surface area (Å²) in [5.74, 6) is 1.71. The van der Waals surface area contributed by atoms with Gasteiger partial charge in [0.15, 0.2) is 5.89 Å². The number of nitrogens with zero attached hydrogens (tertiary/aromatic N) is 1. The van der Waals surface area contributed by atoms with Gasteiger partial charge in [0.1, 0.15) is 5.76 Å². The highest BCUT2D eigenvalue weighted by atomic mass is 16.4. The molecule has 0 bridgehead atoms. The largest absolute Gasteiger partial charge is 0.445 e. The van der Waals surface area contributed by atoms with Gasteiger partial charge in [-0.15, -0.1) is 0 Å². The van der Waals surface area contributed by atoms with Crippen molar-refractivity contribution in [1.29, 1.82) is 0 Å². The molecule has 90 valence electrons. The van der Waals surface area contributed by atoms with Gasteiger partial charge in [-0.2, -0.15) is 0 Å². The van der Waals surface area contributed by atoms with Crippen molar-refractivity contribution >= 4 is 6.41 Å². The average molecular weight is 224 g/mol. The van der Waals surface area contributed by atoms with E-state index in [1.54, 1.807) is 0 Å². The fourth-order valence-corrected chi connectivity index (χ4v) is 1.39. The van der Waals surface area contributed by atoms with E-state index in [9.17, 15) is 4.79 Å². The van der Waals surface area contributed by atoms with Crippen LogP contribution in [0.2, 0.25) is 0 Å². The molecule has 0 fully saturated rings. The van der Waals surface area contributed by atoms with Gasteiger partial charge in [-0.25, -0.2) is 4.98 Å². The quantitative estimate of drug-likeness (QED) is 0.614. The van der Waals surface area contributed by atoms with Gasteiger partial charge in [-0.05, 0) is 13.3 Å². The van der Waals surface area contributed by atoms with Crippen LogP contribution in [-0.4, -0.2) is 17.9 Å². The molecular formula is C12H20N2O2. The maximum absolute atomic E-state index is 10.1. The second-order valence-electron chi connectivity index (χ2n) is 4.95. The van der Waals surface area contributed by atoms with E-state index in [1.165, 1.54) is 0 Å².